The molecule has 134 valence electrons. The fraction of sp³-hybridized carbons (Fsp3) is 0.200. The Bertz CT molecular complexity index is 768. The molecule has 0 aliphatic heterocycles. The number of carboxylic acid groups (broad SMARTS) is 1. The van der Waals surface area contributed by atoms with E-state index in [1.54, 1.807) is 0 Å². The number of alkyl halides is 6. The van der Waals surface area contributed by atoms with Crippen LogP contribution in [0.4, 0.5) is 26.3 Å². The Hall–Kier alpha value is -2.78. The first-order chi connectivity index (χ1) is 11.5. The van der Waals surface area contributed by atoms with Crippen LogP contribution >= 0.6 is 0 Å². The predicted octanol–water partition coefficient (Wildman–Crippen LogP) is 4.29. The minimum absolute atomic E-state index is 0.0249. The molecule has 0 spiro atoms. The Balaban J connectivity index is 2.49. The number of benzene rings is 1. The first-order valence-corrected chi connectivity index (χ1v) is 6.60. The van der Waals surface area contributed by atoms with Crippen LogP contribution in [0, 0.1) is 0 Å². The van der Waals surface area contributed by atoms with Gasteiger partial charge in [0.2, 0.25) is 0 Å². The zero-order chi connectivity index (χ0) is 18.8. The standard InChI is InChI=1S/C15H9F6NO3/c16-14(17,18)11-5-6-22-13(10(11)7-12(23)24)8-1-3-9(4-2-8)25-15(19,20)21/h1-6H,7H2,(H,23,24). The van der Waals surface area contributed by atoms with Crippen molar-refractivity contribution < 1.29 is 41.0 Å². The first-order valence-electron chi connectivity index (χ1n) is 6.60. The van der Waals surface area contributed by atoms with Crippen molar-refractivity contribution in [3.63, 3.8) is 0 Å². The number of carbonyl (C=O) groups is 1. The van der Waals surface area contributed by atoms with Gasteiger partial charge in [0.15, 0.2) is 0 Å². The Labute approximate surface area is 136 Å². The summed E-state index contributed by atoms with van der Waals surface area (Å²) in [5, 5.41) is 8.86. The van der Waals surface area contributed by atoms with Crippen LogP contribution in [0.15, 0.2) is 36.5 Å². The summed E-state index contributed by atoms with van der Waals surface area (Å²) in [5.74, 6) is -2.07. The van der Waals surface area contributed by atoms with E-state index in [2.05, 4.69) is 9.72 Å². The Morgan fingerprint density at radius 3 is 2.12 bits per heavy atom. The van der Waals surface area contributed by atoms with Crippen LogP contribution in [0.1, 0.15) is 11.1 Å². The molecule has 25 heavy (non-hydrogen) atoms. The zero-order valence-electron chi connectivity index (χ0n) is 12.1. The van der Waals surface area contributed by atoms with Crippen LogP contribution in [-0.4, -0.2) is 22.4 Å². The summed E-state index contributed by atoms with van der Waals surface area (Å²) in [5.41, 5.74) is -2.00. The van der Waals surface area contributed by atoms with Crippen LogP contribution in [0.25, 0.3) is 11.3 Å². The van der Waals surface area contributed by atoms with Crippen LogP contribution < -0.4 is 4.74 Å². The number of nitrogens with zero attached hydrogens (tertiary/aromatic N) is 1. The summed E-state index contributed by atoms with van der Waals surface area (Å²) in [6.45, 7) is 0. The van der Waals surface area contributed by atoms with Gasteiger partial charge >= 0.3 is 18.5 Å². The minimum Gasteiger partial charge on any atom is -0.481 e. The maximum Gasteiger partial charge on any atom is 0.573 e. The average molecular weight is 365 g/mol. The molecule has 2 rings (SSSR count). The van der Waals surface area contributed by atoms with Crippen LogP contribution in [0.5, 0.6) is 5.75 Å². The van der Waals surface area contributed by atoms with Crippen molar-refractivity contribution in [2.75, 3.05) is 0 Å². The van der Waals surface area contributed by atoms with Crippen LogP contribution in [-0.2, 0) is 17.4 Å². The molecule has 10 heteroatoms. The van der Waals surface area contributed by atoms with Crippen molar-refractivity contribution in [1.82, 2.24) is 4.98 Å². The topological polar surface area (TPSA) is 59.4 Å². The van der Waals surface area contributed by atoms with E-state index in [0.29, 0.717) is 6.07 Å². The molecule has 0 bridgehead atoms. The van der Waals surface area contributed by atoms with Gasteiger partial charge in [0.05, 0.1) is 17.7 Å². The van der Waals surface area contributed by atoms with Gasteiger partial charge in [0, 0.05) is 17.3 Å². The number of pyridine rings is 1. The monoisotopic (exact) mass is 365 g/mol. The fourth-order valence-electron chi connectivity index (χ4n) is 2.15. The molecule has 2 aromatic rings. The lowest BCUT2D eigenvalue weighted by atomic mass is 9.98. The number of hydrogen-bond donors (Lipinski definition) is 1. The molecule has 0 fully saturated rings. The lowest BCUT2D eigenvalue weighted by Crippen LogP contribution is -2.17. The van der Waals surface area contributed by atoms with E-state index < -0.39 is 41.8 Å². The third kappa shape index (κ3) is 4.85. The number of hydrogen-bond acceptors (Lipinski definition) is 3. The molecule has 0 radical (unpaired) electrons. The van der Waals surface area contributed by atoms with Crippen molar-refractivity contribution in [1.29, 1.82) is 0 Å². The van der Waals surface area contributed by atoms with Gasteiger partial charge in [-0.1, -0.05) is 0 Å². The highest BCUT2D eigenvalue weighted by atomic mass is 19.4. The second-order valence-electron chi connectivity index (χ2n) is 4.83. The second-order valence-corrected chi connectivity index (χ2v) is 4.83. The molecule has 4 nitrogen and oxygen atoms in total. The molecule has 1 N–H and O–H groups in total. The molecule has 0 unspecified atom stereocenters. The number of aliphatic carboxylic acids is 1. The lowest BCUT2D eigenvalue weighted by Gasteiger charge is -2.15. The Kier molecular flexibility index (Phi) is 4.91. The van der Waals surface area contributed by atoms with Crippen LogP contribution in [0.2, 0.25) is 0 Å². The summed E-state index contributed by atoms with van der Waals surface area (Å²) in [4.78, 5) is 14.7. The maximum atomic E-state index is 13.1. The minimum atomic E-state index is -4.91. The fourth-order valence-corrected chi connectivity index (χ4v) is 2.15. The van der Waals surface area contributed by atoms with Gasteiger partial charge in [-0.05, 0) is 30.3 Å². The lowest BCUT2D eigenvalue weighted by molar-refractivity contribution is -0.274. The first kappa shape index (κ1) is 18.6. The van der Waals surface area contributed by atoms with Gasteiger partial charge in [-0.15, -0.1) is 13.2 Å². The molecule has 1 heterocycles. The summed E-state index contributed by atoms with van der Waals surface area (Å²) >= 11 is 0. The van der Waals surface area contributed by atoms with Crippen molar-refractivity contribution >= 4 is 5.97 Å². The molecule has 0 amide bonds. The van der Waals surface area contributed by atoms with E-state index in [9.17, 15) is 31.1 Å². The molecule has 0 aliphatic carbocycles. The summed E-state index contributed by atoms with van der Waals surface area (Å²) in [7, 11) is 0. The molecule has 0 aliphatic rings. The third-order valence-electron chi connectivity index (χ3n) is 3.05. The summed E-state index contributed by atoms with van der Waals surface area (Å²) in [6, 6.07) is 4.57. The van der Waals surface area contributed by atoms with Gasteiger partial charge in [-0.3, -0.25) is 9.78 Å². The Morgan fingerprint density at radius 1 is 1.04 bits per heavy atom. The highest BCUT2D eigenvalue weighted by molar-refractivity contribution is 5.76. The van der Waals surface area contributed by atoms with E-state index in [-0.39, 0.29) is 11.3 Å². The van der Waals surface area contributed by atoms with Gasteiger partial charge in [0.25, 0.3) is 0 Å². The number of carboxylic acids is 1. The molecule has 1 aromatic carbocycles. The van der Waals surface area contributed by atoms with Gasteiger partial charge < -0.3 is 9.84 Å². The largest absolute Gasteiger partial charge is 0.573 e. The van der Waals surface area contributed by atoms with Crippen molar-refractivity contribution in [2.24, 2.45) is 0 Å². The van der Waals surface area contributed by atoms with Crippen molar-refractivity contribution in [3.8, 4) is 17.0 Å². The zero-order valence-corrected chi connectivity index (χ0v) is 12.1. The normalized spacial score (nSPS) is 12.1. The van der Waals surface area contributed by atoms with Crippen molar-refractivity contribution in [2.45, 2.75) is 19.0 Å². The third-order valence-corrected chi connectivity index (χ3v) is 3.05. The molecule has 1 aromatic heterocycles. The smallest absolute Gasteiger partial charge is 0.481 e. The van der Waals surface area contributed by atoms with E-state index in [1.165, 1.54) is 0 Å². The van der Waals surface area contributed by atoms with Crippen molar-refractivity contribution in [3.05, 3.63) is 47.7 Å². The molecule has 0 atom stereocenters. The summed E-state index contributed by atoms with van der Waals surface area (Å²) in [6.07, 6.45) is -9.81. The van der Waals surface area contributed by atoms with Gasteiger partial charge in [-0.2, -0.15) is 13.2 Å². The molecular weight excluding hydrogens is 356 g/mol. The highest BCUT2D eigenvalue weighted by Gasteiger charge is 2.35. The van der Waals surface area contributed by atoms with E-state index >= 15 is 0 Å². The number of aromatic nitrogens is 1. The maximum absolute atomic E-state index is 13.1. The van der Waals surface area contributed by atoms with Crippen LogP contribution in [0.3, 0.4) is 0 Å². The highest BCUT2D eigenvalue weighted by Crippen LogP contribution is 2.36. The van der Waals surface area contributed by atoms with E-state index in [4.69, 9.17) is 5.11 Å². The Morgan fingerprint density at radius 2 is 1.64 bits per heavy atom. The van der Waals surface area contributed by atoms with E-state index in [1.807, 2.05) is 0 Å². The molecule has 0 saturated carbocycles. The van der Waals surface area contributed by atoms with E-state index in [0.717, 1.165) is 30.5 Å². The quantitative estimate of drug-likeness (QED) is 0.821. The predicted molar refractivity (Wildman–Crippen MR) is 72.7 cm³/mol. The number of ether oxygens (including phenoxy) is 1. The molecule has 0 saturated heterocycles. The van der Waals surface area contributed by atoms with Gasteiger partial charge in [-0.25, -0.2) is 0 Å². The number of halogens is 6. The SMILES string of the molecule is O=C(O)Cc1c(C(F)(F)F)ccnc1-c1ccc(OC(F)(F)F)cc1. The average Bonchev–Trinajstić information content (AvgIpc) is 2.45. The second kappa shape index (κ2) is 6.61. The van der Waals surface area contributed by atoms with Gasteiger partial charge in [0.1, 0.15) is 5.75 Å². The summed E-state index contributed by atoms with van der Waals surface area (Å²) < 4.78 is 79.3. The molecular formula is C15H9F6NO3. The number of rotatable bonds is 4.